The highest BCUT2D eigenvalue weighted by molar-refractivity contribution is 6.23. The van der Waals surface area contributed by atoms with E-state index in [-0.39, 0.29) is 17.9 Å². The van der Waals surface area contributed by atoms with E-state index < -0.39 is 17.4 Å². The van der Waals surface area contributed by atoms with Crippen molar-refractivity contribution < 1.29 is 14.3 Å². The summed E-state index contributed by atoms with van der Waals surface area (Å²) in [5, 5.41) is 8.36. The molecule has 0 N–H and O–H groups in total. The van der Waals surface area contributed by atoms with E-state index in [1.807, 2.05) is 49.4 Å². The number of carbonyl (C=O) groups is 2. The summed E-state index contributed by atoms with van der Waals surface area (Å²) in [5.41, 5.74) is 1.29. The molecule has 3 heterocycles. The van der Waals surface area contributed by atoms with E-state index >= 15 is 0 Å². The van der Waals surface area contributed by atoms with Crippen molar-refractivity contribution in [3.63, 3.8) is 0 Å². The Kier molecular flexibility index (Phi) is 3.39. The number of hydrogen-bond acceptors (Lipinski definition) is 5. The fourth-order valence-electron chi connectivity index (χ4n) is 4.19. The van der Waals surface area contributed by atoms with E-state index in [1.54, 1.807) is 24.3 Å². The molecule has 2 saturated heterocycles. The molecule has 2 bridgehead atoms. The topological polar surface area (TPSA) is 71.3 Å². The Morgan fingerprint density at radius 1 is 0.926 bits per heavy atom. The van der Waals surface area contributed by atoms with Gasteiger partial charge in [-0.15, -0.1) is 0 Å². The average molecular weight is 359 g/mol. The molecule has 0 spiro atoms. The van der Waals surface area contributed by atoms with E-state index in [4.69, 9.17) is 4.74 Å². The molecule has 3 aliphatic rings. The third-order valence-electron chi connectivity index (χ3n) is 5.47. The number of imide groups is 1. The van der Waals surface area contributed by atoms with Crippen LogP contribution < -0.4 is 4.90 Å². The van der Waals surface area contributed by atoms with Crippen molar-refractivity contribution in [3.8, 4) is 0 Å². The number of hydrogen-bond donors (Lipinski definition) is 0. The van der Waals surface area contributed by atoms with Crippen molar-refractivity contribution in [2.24, 2.45) is 22.1 Å². The fraction of sp³-hybridized carbons (Fsp3) is 0.238. The van der Waals surface area contributed by atoms with Gasteiger partial charge in [0, 0.05) is 0 Å². The van der Waals surface area contributed by atoms with Crippen LogP contribution in [0.3, 0.4) is 0 Å². The van der Waals surface area contributed by atoms with Crippen LogP contribution in [-0.2, 0) is 14.3 Å². The van der Waals surface area contributed by atoms with Crippen molar-refractivity contribution >= 4 is 28.9 Å². The summed E-state index contributed by atoms with van der Waals surface area (Å²) in [6, 6.07) is 16.4. The highest BCUT2D eigenvalue weighted by Gasteiger charge is 2.65. The van der Waals surface area contributed by atoms with Crippen LogP contribution in [-0.4, -0.2) is 23.5 Å². The molecule has 0 aliphatic carbocycles. The van der Waals surface area contributed by atoms with Gasteiger partial charge in [0.05, 0.1) is 40.6 Å². The molecule has 3 aliphatic heterocycles. The molecular weight excluding hydrogens is 342 g/mol. The maximum atomic E-state index is 12.9. The Hall–Kier alpha value is -3.12. The van der Waals surface area contributed by atoms with Gasteiger partial charge < -0.3 is 4.74 Å². The highest BCUT2D eigenvalue weighted by atomic mass is 16.5. The fourth-order valence-corrected chi connectivity index (χ4v) is 4.19. The highest BCUT2D eigenvalue weighted by Crippen LogP contribution is 2.52. The Bertz CT molecular complexity index is 983. The first-order valence-electron chi connectivity index (χ1n) is 8.89. The maximum Gasteiger partial charge on any atom is 0.241 e. The summed E-state index contributed by atoms with van der Waals surface area (Å²) in [4.78, 5) is 27.1. The summed E-state index contributed by atoms with van der Waals surface area (Å²) in [7, 11) is 0. The van der Waals surface area contributed by atoms with E-state index in [2.05, 4.69) is 10.2 Å². The van der Waals surface area contributed by atoms with Gasteiger partial charge in [-0.25, -0.2) is 4.90 Å². The van der Waals surface area contributed by atoms with E-state index in [0.29, 0.717) is 11.4 Å². The van der Waals surface area contributed by atoms with Crippen LogP contribution in [0.25, 0.3) is 0 Å². The standard InChI is InChI=1S/C21H17N3O3/c1-21-12-11-16(27-21)17-18(21)20(26)24(19(17)25)15-9-7-14(8-10-15)23-22-13-5-3-2-4-6-13/h2-12,16-18H,1H3/t16-,17+,18+,21+/m1/s1. The Balaban J connectivity index is 1.39. The van der Waals surface area contributed by atoms with Gasteiger partial charge in [-0.1, -0.05) is 30.4 Å². The predicted octanol–water partition coefficient (Wildman–Crippen LogP) is 3.93. The van der Waals surface area contributed by atoms with E-state index in [9.17, 15) is 9.59 Å². The summed E-state index contributed by atoms with van der Waals surface area (Å²) in [6.45, 7) is 1.87. The molecule has 2 fully saturated rings. The molecular formula is C21H17N3O3. The number of fused-ring (bicyclic) bond motifs is 5. The molecule has 0 saturated carbocycles. The Morgan fingerprint density at radius 2 is 1.59 bits per heavy atom. The normalized spacial score (nSPS) is 31.3. The predicted molar refractivity (Wildman–Crippen MR) is 99.0 cm³/mol. The number of ether oxygens (including phenoxy) is 1. The quantitative estimate of drug-likeness (QED) is 0.473. The monoisotopic (exact) mass is 359 g/mol. The first kappa shape index (κ1) is 16.1. The van der Waals surface area contributed by atoms with Crippen molar-refractivity contribution in [1.29, 1.82) is 0 Å². The number of rotatable bonds is 3. The lowest BCUT2D eigenvalue weighted by atomic mass is 9.78. The van der Waals surface area contributed by atoms with Crippen LogP contribution in [0.1, 0.15) is 6.92 Å². The second-order valence-electron chi connectivity index (χ2n) is 7.19. The molecule has 27 heavy (non-hydrogen) atoms. The summed E-state index contributed by atoms with van der Waals surface area (Å²) in [5.74, 6) is -1.26. The van der Waals surface area contributed by atoms with E-state index in [0.717, 1.165) is 5.69 Å². The van der Waals surface area contributed by atoms with Crippen LogP contribution >= 0.6 is 0 Å². The zero-order valence-corrected chi connectivity index (χ0v) is 14.6. The van der Waals surface area contributed by atoms with Gasteiger partial charge in [-0.2, -0.15) is 10.2 Å². The summed E-state index contributed by atoms with van der Waals surface area (Å²) in [6.07, 6.45) is 3.49. The number of nitrogens with zero attached hydrogens (tertiary/aromatic N) is 3. The lowest BCUT2D eigenvalue weighted by Crippen LogP contribution is -2.38. The molecule has 2 aromatic rings. The first-order chi connectivity index (χ1) is 13.1. The van der Waals surface area contributed by atoms with Gasteiger partial charge in [-0.3, -0.25) is 9.59 Å². The van der Waals surface area contributed by atoms with Gasteiger partial charge in [0.1, 0.15) is 0 Å². The molecule has 134 valence electrons. The van der Waals surface area contributed by atoms with Crippen LogP contribution in [0.2, 0.25) is 0 Å². The third kappa shape index (κ3) is 2.37. The lowest BCUT2D eigenvalue weighted by molar-refractivity contribution is -0.126. The second-order valence-corrected chi connectivity index (χ2v) is 7.19. The van der Waals surface area contributed by atoms with E-state index in [1.165, 1.54) is 4.90 Å². The second kappa shape index (κ2) is 5.69. The van der Waals surface area contributed by atoms with Gasteiger partial charge in [0.2, 0.25) is 11.8 Å². The third-order valence-corrected chi connectivity index (χ3v) is 5.47. The van der Waals surface area contributed by atoms with Gasteiger partial charge >= 0.3 is 0 Å². The number of azo groups is 1. The minimum Gasteiger partial charge on any atom is -0.362 e. The maximum absolute atomic E-state index is 12.9. The average Bonchev–Trinajstić information content (AvgIpc) is 3.30. The number of anilines is 1. The molecule has 4 atom stereocenters. The Labute approximate surface area is 156 Å². The number of benzene rings is 2. The number of amides is 2. The first-order valence-corrected chi connectivity index (χ1v) is 8.89. The SMILES string of the molecule is C[C@@]12C=C[C@@H](O1)[C@@H]1C(=O)N(c3ccc(N=Nc4ccccc4)cc3)C(=O)[C@H]12. The zero-order chi connectivity index (χ0) is 18.6. The lowest BCUT2D eigenvalue weighted by Gasteiger charge is -2.24. The molecule has 6 nitrogen and oxygen atoms in total. The van der Waals surface area contributed by atoms with Crippen LogP contribution in [0.5, 0.6) is 0 Å². The number of carbonyl (C=O) groups excluding carboxylic acids is 2. The van der Waals surface area contributed by atoms with Crippen LogP contribution in [0.4, 0.5) is 17.1 Å². The van der Waals surface area contributed by atoms with Gasteiger partial charge in [0.25, 0.3) is 0 Å². The van der Waals surface area contributed by atoms with Crippen LogP contribution in [0.15, 0.2) is 77.0 Å². The minimum atomic E-state index is -0.680. The van der Waals surface area contributed by atoms with Gasteiger partial charge in [-0.05, 0) is 43.3 Å². The largest absolute Gasteiger partial charge is 0.362 e. The molecule has 6 heteroatoms. The molecule has 2 aromatic carbocycles. The molecule has 0 aromatic heterocycles. The zero-order valence-electron chi connectivity index (χ0n) is 14.6. The summed E-state index contributed by atoms with van der Waals surface area (Å²) >= 11 is 0. The van der Waals surface area contributed by atoms with Crippen molar-refractivity contribution in [1.82, 2.24) is 0 Å². The Morgan fingerprint density at radius 3 is 2.26 bits per heavy atom. The van der Waals surface area contributed by atoms with Crippen molar-refractivity contribution in [2.75, 3.05) is 4.90 Å². The van der Waals surface area contributed by atoms with Crippen LogP contribution in [0, 0.1) is 11.8 Å². The minimum absolute atomic E-state index is 0.193. The van der Waals surface area contributed by atoms with Crippen molar-refractivity contribution in [3.05, 3.63) is 66.7 Å². The van der Waals surface area contributed by atoms with Crippen molar-refractivity contribution in [2.45, 2.75) is 18.6 Å². The molecule has 0 radical (unpaired) electrons. The molecule has 0 unspecified atom stereocenters. The molecule has 5 rings (SSSR count). The molecule has 2 amide bonds. The smallest absolute Gasteiger partial charge is 0.241 e. The van der Waals surface area contributed by atoms with Gasteiger partial charge in [0.15, 0.2) is 0 Å². The summed E-state index contributed by atoms with van der Waals surface area (Å²) < 4.78 is 5.84.